The van der Waals surface area contributed by atoms with Crippen molar-refractivity contribution < 1.29 is 19.1 Å². The van der Waals surface area contributed by atoms with Crippen LogP contribution >= 0.6 is 11.6 Å². The first-order chi connectivity index (χ1) is 18.4. The van der Waals surface area contributed by atoms with Crippen LogP contribution in [0.25, 0.3) is 11.3 Å². The average molecular weight is 550 g/mol. The lowest BCUT2D eigenvalue weighted by Gasteiger charge is -2.24. The highest BCUT2D eigenvalue weighted by atomic mass is 35.5. The van der Waals surface area contributed by atoms with Crippen LogP contribution in [0.2, 0.25) is 5.02 Å². The van der Waals surface area contributed by atoms with Gasteiger partial charge in [0.25, 0.3) is 5.91 Å². The zero-order chi connectivity index (χ0) is 28.4. The molecule has 39 heavy (non-hydrogen) atoms. The van der Waals surface area contributed by atoms with E-state index in [9.17, 15) is 9.59 Å². The molecule has 1 aliphatic heterocycles. The molecule has 3 aromatic rings. The number of carbonyl (C=O) groups excluding carboxylic acids is 2. The smallest absolute Gasteiger partial charge is 0.408 e. The minimum absolute atomic E-state index is 0.188. The van der Waals surface area contributed by atoms with Crippen LogP contribution in [0.1, 0.15) is 56.2 Å². The molecule has 0 radical (unpaired) electrons. The maximum atomic E-state index is 13.0. The molecule has 2 aromatic heterocycles. The number of nitrogens with zero attached hydrogens (tertiary/aromatic N) is 1. The van der Waals surface area contributed by atoms with Crippen LogP contribution in [0, 0.1) is 11.8 Å². The molecular formula is C29H32ClN5O4. The Labute approximate surface area is 233 Å². The van der Waals surface area contributed by atoms with Gasteiger partial charge in [0.05, 0.1) is 45.9 Å². The van der Waals surface area contributed by atoms with Crippen LogP contribution in [0.5, 0.6) is 5.75 Å². The molecule has 0 bridgehead atoms. The first-order valence-corrected chi connectivity index (χ1v) is 12.9. The molecule has 1 aliphatic rings. The van der Waals surface area contributed by atoms with Crippen LogP contribution in [-0.4, -0.2) is 46.8 Å². The lowest BCUT2D eigenvalue weighted by Crippen LogP contribution is -2.44. The lowest BCUT2D eigenvalue weighted by atomic mass is 10.0. The largest absolute Gasteiger partial charge is 0.493 e. The molecule has 0 atom stereocenters. The molecule has 0 saturated carbocycles. The molecule has 0 unspecified atom stereocenters. The molecule has 0 saturated heterocycles. The predicted octanol–water partition coefficient (Wildman–Crippen LogP) is 5.42. The van der Waals surface area contributed by atoms with E-state index in [1.54, 1.807) is 59.1 Å². The fourth-order valence-corrected chi connectivity index (χ4v) is 4.43. The number of amides is 2. The van der Waals surface area contributed by atoms with Gasteiger partial charge in [-0.3, -0.25) is 9.78 Å². The Bertz CT molecular complexity index is 1480. The number of aromatic nitrogens is 2. The van der Waals surface area contributed by atoms with Crippen LogP contribution in [0.15, 0.2) is 36.7 Å². The third-order valence-corrected chi connectivity index (χ3v) is 6.11. The van der Waals surface area contributed by atoms with Crippen molar-refractivity contribution in [1.29, 1.82) is 0 Å². The highest BCUT2D eigenvalue weighted by Gasteiger charge is 2.29. The number of aromatic amines is 1. The fourth-order valence-electron chi connectivity index (χ4n) is 4.18. The predicted molar refractivity (Wildman–Crippen MR) is 152 cm³/mol. The van der Waals surface area contributed by atoms with E-state index in [4.69, 9.17) is 21.1 Å². The Balaban J connectivity index is 1.77. The van der Waals surface area contributed by atoms with Crippen LogP contribution < -0.4 is 20.7 Å². The molecule has 10 heteroatoms. The molecule has 3 heterocycles. The number of nitrogens with one attached hydrogen (secondary N) is 4. The van der Waals surface area contributed by atoms with E-state index in [1.165, 1.54) is 7.11 Å². The normalized spacial score (nSPS) is 12.9. The lowest BCUT2D eigenvalue weighted by molar-refractivity contribution is 0.0494. The number of para-hydroxylation sites is 1. The van der Waals surface area contributed by atoms with E-state index in [0.29, 0.717) is 51.9 Å². The Morgan fingerprint density at radius 2 is 1.95 bits per heavy atom. The summed E-state index contributed by atoms with van der Waals surface area (Å²) in [6.07, 6.45) is 3.39. The zero-order valence-corrected chi connectivity index (χ0v) is 23.6. The second kappa shape index (κ2) is 10.9. The van der Waals surface area contributed by atoms with Crippen molar-refractivity contribution in [2.75, 3.05) is 19.0 Å². The number of ether oxygens (including phenoxy) is 2. The van der Waals surface area contributed by atoms with Crippen molar-refractivity contribution in [2.45, 2.75) is 52.2 Å². The van der Waals surface area contributed by atoms with Gasteiger partial charge in [-0.1, -0.05) is 29.5 Å². The van der Waals surface area contributed by atoms with Gasteiger partial charge in [-0.25, -0.2) is 4.79 Å². The first-order valence-electron chi connectivity index (χ1n) is 12.5. The summed E-state index contributed by atoms with van der Waals surface area (Å²) in [6, 6.07) is 7.19. The SMILES string of the molecule is COc1c(Cl)cccc1Nc1c(-c2ccncc2C#CC(C)(C)NC(=O)OC(C)(C)C)[nH]c2c1C(=O)NCC2. The number of carbonyl (C=O) groups is 2. The van der Waals surface area contributed by atoms with Gasteiger partial charge in [-0.2, -0.15) is 0 Å². The van der Waals surface area contributed by atoms with E-state index in [1.807, 2.05) is 12.1 Å². The van der Waals surface area contributed by atoms with E-state index in [2.05, 4.69) is 37.8 Å². The number of H-pyrrole nitrogens is 1. The van der Waals surface area contributed by atoms with Gasteiger partial charge in [0.1, 0.15) is 5.60 Å². The number of alkyl carbamates (subject to hydrolysis) is 1. The van der Waals surface area contributed by atoms with Gasteiger partial charge >= 0.3 is 6.09 Å². The molecule has 2 amide bonds. The first kappa shape index (κ1) is 27.9. The zero-order valence-electron chi connectivity index (χ0n) is 22.8. The van der Waals surface area contributed by atoms with Crippen molar-refractivity contribution in [3.63, 3.8) is 0 Å². The topological polar surface area (TPSA) is 117 Å². The Hall–Kier alpha value is -4.16. The van der Waals surface area contributed by atoms with E-state index in [0.717, 1.165) is 11.3 Å². The maximum absolute atomic E-state index is 13.0. The molecule has 0 fully saturated rings. The number of halogens is 1. The average Bonchev–Trinajstić information content (AvgIpc) is 3.21. The summed E-state index contributed by atoms with van der Waals surface area (Å²) >= 11 is 6.36. The Kier molecular flexibility index (Phi) is 7.79. The second-order valence-electron chi connectivity index (χ2n) is 10.6. The quantitative estimate of drug-likeness (QED) is 0.316. The van der Waals surface area contributed by atoms with Gasteiger partial charge in [-0.05, 0) is 52.8 Å². The fraction of sp³-hybridized carbons (Fsp3) is 0.345. The number of anilines is 2. The molecule has 9 nitrogen and oxygen atoms in total. The van der Waals surface area contributed by atoms with Crippen LogP contribution in [-0.2, 0) is 11.2 Å². The number of hydrogen-bond donors (Lipinski definition) is 4. The minimum atomic E-state index is -0.889. The third kappa shape index (κ3) is 6.47. The third-order valence-electron chi connectivity index (χ3n) is 5.81. The van der Waals surface area contributed by atoms with Gasteiger partial charge in [-0.15, -0.1) is 0 Å². The molecule has 0 spiro atoms. The van der Waals surface area contributed by atoms with Gasteiger partial charge in [0.2, 0.25) is 0 Å². The summed E-state index contributed by atoms with van der Waals surface area (Å²) in [5, 5.41) is 9.52. The van der Waals surface area contributed by atoms with Crippen molar-refractivity contribution in [1.82, 2.24) is 20.6 Å². The number of pyridine rings is 1. The van der Waals surface area contributed by atoms with Crippen molar-refractivity contribution in [3.8, 4) is 28.8 Å². The molecule has 0 aliphatic carbocycles. The van der Waals surface area contributed by atoms with Gasteiger partial charge < -0.3 is 30.4 Å². The van der Waals surface area contributed by atoms with Crippen molar-refractivity contribution in [3.05, 3.63) is 58.5 Å². The standard InChI is InChI=1S/C29H32ClN5O4/c1-28(2,3)39-27(37)35-29(4,5)13-10-17-16-31-14-11-18(17)23-24(22-20(33-23)12-15-32-26(22)36)34-21-9-7-8-19(30)25(21)38-6/h7-9,11,14,16,33-34H,12,15H2,1-6H3,(H,32,36)(H,35,37). The van der Waals surface area contributed by atoms with E-state index in [-0.39, 0.29) is 5.91 Å². The second-order valence-corrected chi connectivity index (χ2v) is 11.0. The van der Waals surface area contributed by atoms with Crippen molar-refractivity contribution >= 4 is 35.0 Å². The molecule has 4 N–H and O–H groups in total. The summed E-state index contributed by atoms with van der Waals surface area (Å²) in [6.45, 7) is 9.50. The maximum Gasteiger partial charge on any atom is 0.408 e. The van der Waals surface area contributed by atoms with E-state index >= 15 is 0 Å². The summed E-state index contributed by atoms with van der Waals surface area (Å²) in [5.74, 6) is 6.54. The number of fused-ring (bicyclic) bond motifs is 1. The Morgan fingerprint density at radius 1 is 1.18 bits per heavy atom. The van der Waals surface area contributed by atoms with Crippen LogP contribution in [0.4, 0.5) is 16.2 Å². The number of benzene rings is 1. The molecule has 204 valence electrons. The summed E-state index contributed by atoms with van der Waals surface area (Å²) in [4.78, 5) is 33.0. The minimum Gasteiger partial charge on any atom is -0.493 e. The Morgan fingerprint density at radius 3 is 2.67 bits per heavy atom. The molecule has 1 aromatic carbocycles. The number of rotatable bonds is 5. The number of methoxy groups -OCH3 is 1. The monoisotopic (exact) mass is 549 g/mol. The van der Waals surface area contributed by atoms with E-state index < -0.39 is 17.2 Å². The summed E-state index contributed by atoms with van der Waals surface area (Å²) < 4.78 is 10.9. The summed E-state index contributed by atoms with van der Waals surface area (Å²) in [5.41, 5.74) is 2.99. The van der Waals surface area contributed by atoms with Gasteiger partial charge in [0, 0.05) is 36.6 Å². The highest BCUT2D eigenvalue weighted by molar-refractivity contribution is 6.32. The highest BCUT2D eigenvalue weighted by Crippen LogP contribution is 2.41. The van der Waals surface area contributed by atoms with Gasteiger partial charge in [0.15, 0.2) is 5.75 Å². The molecular weight excluding hydrogens is 518 g/mol. The van der Waals surface area contributed by atoms with Crippen LogP contribution in [0.3, 0.4) is 0 Å². The summed E-state index contributed by atoms with van der Waals surface area (Å²) in [7, 11) is 1.54. The number of hydrogen-bond acceptors (Lipinski definition) is 6. The molecule has 4 rings (SSSR count). The van der Waals surface area contributed by atoms with Crippen molar-refractivity contribution in [2.24, 2.45) is 0 Å².